The van der Waals surface area contributed by atoms with Gasteiger partial charge in [-0.1, -0.05) is 53.5 Å². The summed E-state index contributed by atoms with van der Waals surface area (Å²) in [4.78, 5) is 10.0. The minimum atomic E-state index is -0.969. The maximum Gasteiger partial charge on any atom is 0.253 e. The molecule has 3 nitrogen and oxygen atoms in total. The van der Waals surface area contributed by atoms with Crippen LogP contribution in [0.3, 0.4) is 0 Å². The fourth-order valence-electron chi connectivity index (χ4n) is 1.42. The molecule has 0 atom stereocenters. The van der Waals surface area contributed by atoms with Crippen molar-refractivity contribution in [2.24, 2.45) is 0 Å². The van der Waals surface area contributed by atoms with Gasteiger partial charge in [-0.3, -0.25) is 4.79 Å². The first kappa shape index (κ1) is 14.3. The molecular weight excluding hydrogens is 259 g/mol. The van der Waals surface area contributed by atoms with Crippen molar-refractivity contribution >= 4 is 29.1 Å². The van der Waals surface area contributed by atoms with Gasteiger partial charge in [0.1, 0.15) is 6.54 Å². The molecule has 0 spiro atoms. The highest BCUT2D eigenvalue weighted by Crippen LogP contribution is 1.99. The molecule has 1 aromatic rings. The van der Waals surface area contributed by atoms with Gasteiger partial charge in [0.2, 0.25) is 0 Å². The number of alkyl halides is 2. The Kier molecular flexibility index (Phi) is 7.01. The lowest BCUT2D eigenvalue weighted by atomic mass is 10.2. The van der Waals surface area contributed by atoms with Crippen molar-refractivity contribution in [1.82, 2.24) is 5.32 Å². The monoisotopic (exact) mass is 275 g/mol. The number of rotatable bonds is 7. The summed E-state index contributed by atoms with van der Waals surface area (Å²) in [6.07, 6.45) is 0.902. The molecule has 0 saturated carbocycles. The van der Waals surface area contributed by atoms with Crippen molar-refractivity contribution in [3.63, 3.8) is 0 Å². The van der Waals surface area contributed by atoms with Crippen LogP contribution in [0.2, 0.25) is 0 Å². The summed E-state index contributed by atoms with van der Waals surface area (Å²) in [7, 11) is 0. The predicted molar refractivity (Wildman–Crippen MR) is 70.1 cm³/mol. The maximum atomic E-state index is 11.0. The standard InChI is InChI=1S/C12H16Cl2N2O/c13-11(14)12(17)16-8-4-7-15-9-10-5-2-1-3-6-10/h1-3,5-6,11,15H,4,7-9H2,(H,16,17)/p+1. The molecular formula is C12H17Cl2N2O+. The molecule has 0 radical (unpaired) electrons. The first-order valence-electron chi connectivity index (χ1n) is 5.61. The molecule has 0 saturated heterocycles. The lowest BCUT2D eigenvalue weighted by Gasteiger charge is -2.05. The average molecular weight is 276 g/mol. The molecule has 3 N–H and O–H groups in total. The minimum Gasteiger partial charge on any atom is -0.354 e. The van der Waals surface area contributed by atoms with Gasteiger partial charge in [-0.2, -0.15) is 0 Å². The average Bonchev–Trinajstić information content (AvgIpc) is 2.34. The van der Waals surface area contributed by atoms with E-state index in [0.717, 1.165) is 19.5 Å². The van der Waals surface area contributed by atoms with E-state index in [4.69, 9.17) is 23.2 Å². The van der Waals surface area contributed by atoms with E-state index < -0.39 is 4.84 Å². The third-order valence-corrected chi connectivity index (χ3v) is 2.70. The number of nitrogens with one attached hydrogen (secondary N) is 1. The quantitative estimate of drug-likeness (QED) is 0.567. The van der Waals surface area contributed by atoms with Gasteiger partial charge < -0.3 is 10.6 Å². The van der Waals surface area contributed by atoms with Crippen LogP contribution in [0.15, 0.2) is 30.3 Å². The van der Waals surface area contributed by atoms with E-state index in [1.165, 1.54) is 5.56 Å². The van der Waals surface area contributed by atoms with Crippen molar-refractivity contribution in [2.75, 3.05) is 13.1 Å². The molecule has 0 aliphatic heterocycles. The number of nitrogens with two attached hydrogens (primary N) is 1. The van der Waals surface area contributed by atoms with E-state index in [0.29, 0.717) is 6.54 Å². The normalized spacial score (nSPS) is 10.5. The fourth-order valence-corrected chi connectivity index (χ4v) is 1.57. The Labute approximate surface area is 111 Å². The second kappa shape index (κ2) is 8.34. The SMILES string of the molecule is O=C(NCCC[NH2+]Cc1ccccc1)C(Cl)Cl. The lowest BCUT2D eigenvalue weighted by molar-refractivity contribution is -0.670. The predicted octanol–water partition coefficient (Wildman–Crippen LogP) is 1.06. The Morgan fingerprint density at radius 2 is 2.00 bits per heavy atom. The topological polar surface area (TPSA) is 45.7 Å². The van der Waals surface area contributed by atoms with Crippen LogP contribution in [0.1, 0.15) is 12.0 Å². The number of carbonyl (C=O) groups is 1. The Morgan fingerprint density at radius 1 is 1.29 bits per heavy atom. The van der Waals surface area contributed by atoms with Gasteiger partial charge in [-0.05, 0) is 0 Å². The molecule has 0 bridgehead atoms. The largest absolute Gasteiger partial charge is 0.354 e. The fraction of sp³-hybridized carbons (Fsp3) is 0.417. The van der Waals surface area contributed by atoms with Crippen LogP contribution in [0.5, 0.6) is 0 Å². The van der Waals surface area contributed by atoms with Crippen molar-refractivity contribution < 1.29 is 10.1 Å². The molecule has 0 fully saturated rings. The smallest absolute Gasteiger partial charge is 0.253 e. The van der Waals surface area contributed by atoms with Gasteiger partial charge in [0.25, 0.3) is 5.91 Å². The van der Waals surface area contributed by atoms with Gasteiger partial charge in [-0.25, -0.2) is 0 Å². The summed E-state index contributed by atoms with van der Waals surface area (Å²) >= 11 is 10.8. The van der Waals surface area contributed by atoms with Crippen molar-refractivity contribution in [3.05, 3.63) is 35.9 Å². The number of hydrogen-bond donors (Lipinski definition) is 2. The molecule has 0 aliphatic carbocycles. The maximum absolute atomic E-state index is 11.0. The molecule has 5 heteroatoms. The van der Waals surface area contributed by atoms with Crippen LogP contribution in [0, 0.1) is 0 Å². The second-order valence-corrected chi connectivity index (χ2v) is 4.81. The first-order valence-corrected chi connectivity index (χ1v) is 6.49. The zero-order valence-electron chi connectivity index (χ0n) is 9.53. The summed E-state index contributed by atoms with van der Waals surface area (Å²) in [6.45, 7) is 2.53. The lowest BCUT2D eigenvalue weighted by Crippen LogP contribution is -2.82. The van der Waals surface area contributed by atoms with Crippen molar-refractivity contribution in [1.29, 1.82) is 0 Å². The Bertz CT molecular complexity index is 331. The molecule has 0 unspecified atom stereocenters. The summed E-state index contributed by atoms with van der Waals surface area (Å²) in [5.74, 6) is -0.323. The van der Waals surface area contributed by atoms with Gasteiger partial charge >= 0.3 is 0 Å². The summed E-state index contributed by atoms with van der Waals surface area (Å²) in [5, 5.41) is 4.87. The third kappa shape index (κ3) is 6.51. The molecule has 1 aromatic carbocycles. The van der Waals surface area contributed by atoms with Crippen LogP contribution in [0.25, 0.3) is 0 Å². The number of carbonyl (C=O) groups excluding carboxylic acids is 1. The Hall–Kier alpha value is -0.770. The van der Waals surface area contributed by atoms with Crippen LogP contribution < -0.4 is 10.6 Å². The molecule has 94 valence electrons. The second-order valence-electron chi connectivity index (χ2n) is 3.71. The van der Waals surface area contributed by atoms with Crippen molar-refractivity contribution in [2.45, 2.75) is 17.8 Å². The highest BCUT2D eigenvalue weighted by atomic mass is 35.5. The Morgan fingerprint density at radius 3 is 2.65 bits per heavy atom. The molecule has 17 heavy (non-hydrogen) atoms. The number of amides is 1. The highest BCUT2D eigenvalue weighted by molar-refractivity contribution is 6.53. The zero-order chi connectivity index (χ0) is 12.5. The van der Waals surface area contributed by atoms with E-state index in [9.17, 15) is 4.79 Å². The first-order chi connectivity index (χ1) is 8.20. The van der Waals surface area contributed by atoms with Gasteiger partial charge in [0, 0.05) is 18.5 Å². The molecule has 1 rings (SSSR count). The van der Waals surface area contributed by atoms with E-state index >= 15 is 0 Å². The Balaban J connectivity index is 2.00. The van der Waals surface area contributed by atoms with E-state index in [-0.39, 0.29) is 5.91 Å². The van der Waals surface area contributed by atoms with Gasteiger partial charge in [-0.15, -0.1) is 0 Å². The number of hydrogen-bond acceptors (Lipinski definition) is 1. The molecule has 1 amide bonds. The van der Waals surface area contributed by atoms with E-state index in [1.807, 2.05) is 18.2 Å². The number of benzene rings is 1. The molecule has 0 aliphatic rings. The van der Waals surface area contributed by atoms with E-state index in [2.05, 4.69) is 22.8 Å². The van der Waals surface area contributed by atoms with Crippen LogP contribution in [-0.4, -0.2) is 23.8 Å². The summed E-state index contributed by atoms with van der Waals surface area (Å²) < 4.78 is 0. The molecule has 0 aromatic heterocycles. The van der Waals surface area contributed by atoms with Crippen molar-refractivity contribution in [3.8, 4) is 0 Å². The van der Waals surface area contributed by atoms with Gasteiger partial charge in [0.05, 0.1) is 6.54 Å². The van der Waals surface area contributed by atoms with E-state index in [1.54, 1.807) is 0 Å². The zero-order valence-corrected chi connectivity index (χ0v) is 11.0. The summed E-state index contributed by atoms with van der Waals surface area (Å²) in [6, 6.07) is 10.3. The van der Waals surface area contributed by atoms with Crippen LogP contribution in [0.4, 0.5) is 0 Å². The third-order valence-electron chi connectivity index (χ3n) is 2.31. The van der Waals surface area contributed by atoms with Gasteiger partial charge in [0.15, 0.2) is 4.84 Å². The summed E-state index contributed by atoms with van der Waals surface area (Å²) in [5.41, 5.74) is 1.30. The minimum absolute atomic E-state index is 0.323. The number of quaternary nitrogens is 1. The molecule has 0 heterocycles. The number of halogens is 2. The van der Waals surface area contributed by atoms with Crippen LogP contribution >= 0.6 is 23.2 Å². The highest BCUT2D eigenvalue weighted by Gasteiger charge is 2.09. The van der Waals surface area contributed by atoms with Crippen LogP contribution in [-0.2, 0) is 11.3 Å².